The van der Waals surface area contributed by atoms with Crippen LogP contribution in [0.2, 0.25) is 0 Å². The maximum Gasteiger partial charge on any atom is 0.272 e. The Balaban J connectivity index is 1.81. The van der Waals surface area contributed by atoms with Crippen LogP contribution in [0.25, 0.3) is 0 Å². The summed E-state index contributed by atoms with van der Waals surface area (Å²) in [5.41, 5.74) is 1.99. The van der Waals surface area contributed by atoms with Gasteiger partial charge in [-0.05, 0) is 75.5 Å². The molecule has 1 aromatic heterocycles. The van der Waals surface area contributed by atoms with Gasteiger partial charge in [0.05, 0.1) is 6.04 Å². The van der Waals surface area contributed by atoms with Crippen molar-refractivity contribution in [1.29, 1.82) is 0 Å². The van der Waals surface area contributed by atoms with Crippen molar-refractivity contribution in [2.75, 3.05) is 0 Å². The third-order valence-corrected chi connectivity index (χ3v) is 6.53. The number of hydrogen-bond acceptors (Lipinski definition) is 4. The number of hydrogen-bond donors (Lipinski definition) is 0. The molecular formula is C24H34F2N2OS. The van der Waals surface area contributed by atoms with Crippen molar-refractivity contribution in [2.45, 2.75) is 90.5 Å². The van der Waals surface area contributed by atoms with E-state index in [2.05, 4.69) is 22.3 Å². The highest BCUT2D eigenvalue weighted by Crippen LogP contribution is 2.31. The standard InChI is InChI=1S/C24H34F2N2OS/c1-4-19(17(2)28-30)15-18-7-5-8-20(12-11-18)23(29)10-6-9-22-14-13-21(16-27-22)24(3,25)26/h13-18,20H,4-12H2,1-3H3/b19-15+. The first kappa shape index (κ1) is 24.7. The molecule has 3 unspecified atom stereocenters. The Morgan fingerprint density at radius 1 is 1.33 bits per heavy atom. The summed E-state index contributed by atoms with van der Waals surface area (Å²) in [6, 6.07) is 3.16. The number of carbonyl (C=O) groups excluding carboxylic acids is 1. The molecule has 1 aliphatic carbocycles. The van der Waals surface area contributed by atoms with Crippen LogP contribution in [0.3, 0.4) is 0 Å². The molecule has 3 atom stereocenters. The first-order valence-corrected chi connectivity index (χ1v) is 11.5. The maximum absolute atomic E-state index is 13.3. The number of ketones is 1. The molecule has 0 spiro atoms. The molecule has 1 fully saturated rings. The Kier molecular flexibility index (Phi) is 9.66. The average Bonchev–Trinajstić information content (AvgIpc) is 2.96. The van der Waals surface area contributed by atoms with Gasteiger partial charge in [0.15, 0.2) is 0 Å². The van der Waals surface area contributed by atoms with Gasteiger partial charge in [-0.3, -0.25) is 9.78 Å². The molecule has 0 bridgehead atoms. The average molecular weight is 437 g/mol. The van der Waals surface area contributed by atoms with Crippen molar-refractivity contribution in [3.63, 3.8) is 0 Å². The minimum absolute atomic E-state index is 0.0774. The molecule has 0 N–H and O–H groups in total. The van der Waals surface area contributed by atoms with E-state index in [1.165, 1.54) is 17.8 Å². The van der Waals surface area contributed by atoms with E-state index in [0.29, 0.717) is 31.0 Å². The summed E-state index contributed by atoms with van der Waals surface area (Å²) >= 11 is 4.86. The Bertz CT molecular complexity index is 728. The summed E-state index contributed by atoms with van der Waals surface area (Å²) in [6.45, 7) is 5.05. The van der Waals surface area contributed by atoms with Gasteiger partial charge in [0, 0.05) is 49.1 Å². The molecule has 30 heavy (non-hydrogen) atoms. The van der Waals surface area contributed by atoms with Crippen LogP contribution in [-0.4, -0.2) is 16.8 Å². The van der Waals surface area contributed by atoms with Crippen molar-refractivity contribution in [3.05, 3.63) is 41.2 Å². The van der Waals surface area contributed by atoms with E-state index in [4.69, 9.17) is 12.4 Å². The van der Waals surface area contributed by atoms with E-state index in [0.717, 1.165) is 51.1 Å². The number of carbonyl (C=O) groups is 1. The fourth-order valence-corrected chi connectivity index (χ4v) is 4.36. The number of allylic oxidation sites excluding steroid dienone is 1. The van der Waals surface area contributed by atoms with E-state index in [1.54, 1.807) is 6.07 Å². The van der Waals surface area contributed by atoms with E-state index < -0.39 is 5.92 Å². The molecule has 1 aromatic rings. The highest BCUT2D eigenvalue weighted by Gasteiger charge is 2.25. The number of nitrogens with zero attached hydrogens (tertiary/aromatic N) is 2. The van der Waals surface area contributed by atoms with E-state index in [-0.39, 0.29) is 17.5 Å². The second-order valence-corrected chi connectivity index (χ2v) is 8.80. The minimum atomic E-state index is -2.87. The van der Waals surface area contributed by atoms with Crippen molar-refractivity contribution in [1.82, 2.24) is 4.98 Å². The van der Waals surface area contributed by atoms with Gasteiger partial charge in [0.25, 0.3) is 5.92 Å². The van der Waals surface area contributed by atoms with Gasteiger partial charge in [-0.1, -0.05) is 19.4 Å². The molecule has 3 nitrogen and oxygen atoms in total. The Hall–Kier alpha value is -1.56. The highest BCUT2D eigenvalue weighted by molar-refractivity contribution is 7.47. The maximum atomic E-state index is 13.3. The fraction of sp³-hybridized carbons (Fsp3) is 0.667. The third kappa shape index (κ3) is 7.60. The molecular weight excluding hydrogens is 402 g/mol. The van der Waals surface area contributed by atoms with Crippen LogP contribution in [0.5, 0.6) is 0 Å². The van der Waals surface area contributed by atoms with Crippen molar-refractivity contribution < 1.29 is 13.6 Å². The summed E-state index contributed by atoms with van der Waals surface area (Å²) in [6.07, 6.45) is 11.6. The smallest absolute Gasteiger partial charge is 0.272 e. The first-order chi connectivity index (χ1) is 14.2. The largest absolute Gasteiger partial charge is 0.299 e. The topological polar surface area (TPSA) is 42.3 Å². The monoisotopic (exact) mass is 436 g/mol. The lowest BCUT2D eigenvalue weighted by atomic mass is 9.90. The van der Waals surface area contributed by atoms with Crippen molar-refractivity contribution in [3.8, 4) is 0 Å². The molecule has 6 heteroatoms. The van der Waals surface area contributed by atoms with Gasteiger partial charge in [-0.25, -0.2) is 13.1 Å². The highest BCUT2D eigenvalue weighted by atomic mass is 32.1. The Labute approximate surface area is 184 Å². The molecule has 1 aliphatic rings. The molecule has 0 aromatic carbocycles. The van der Waals surface area contributed by atoms with Crippen LogP contribution < -0.4 is 0 Å². The van der Waals surface area contributed by atoms with Crippen LogP contribution in [0.1, 0.15) is 83.4 Å². The summed E-state index contributed by atoms with van der Waals surface area (Å²) in [4.78, 5) is 16.8. The molecule has 0 amide bonds. The number of alkyl halides is 2. The number of aromatic nitrogens is 1. The SMILES string of the molecule is CC/C(=C\C1CCCC(C(=O)CCCc2ccc(C(C)(F)F)cn2)CC1)C(C)N=S. The fourth-order valence-electron chi connectivity index (χ4n) is 4.22. The third-order valence-electron chi connectivity index (χ3n) is 6.21. The molecule has 0 saturated heterocycles. The predicted octanol–water partition coefficient (Wildman–Crippen LogP) is 6.74. The molecule has 166 valence electrons. The summed E-state index contributed by atoms with van der Waals surface area (Å²) in [5, 5.41) is 0. The number of aryl methyl sites for hydroxylation is 1. The molecule has 1 saturated carbocycles. The summed E-state index contributed by atoms with van der Waals surface area (Å²) in [5.74, 6) is -1.88. The first-order valence-electron chi connectivity index (χ1n) is 11.1. The van der Waals surface area contributed by atoms with Crippen LogP contribution >= 0.6 is 0 Å². The Morgan fingerprint density at radius 2 is 2.10 bits per heavy atom. The molecule has 0 radical (unpaired) electrons. The number of rotatable bonds is 10. The van der Waals surface area contributed by atoms with Gasteiger partial charge < -0.3 is 0 Å². The lowest BCUT2D eigenvalue weighted by Crippen LogP contribution is -2.14. The van der Waals surface area contributed by atoms with Gasteiger partial charge in [0.1, 0.15) is 5.78 Å². The Morgan fingerprint density at radius 3 is 2.70 bits per heavy atom. The zero-order chi connectivity index (χ0) is 22.1. The van der Waals surface area contributed by atoms with Gasteiger partial charge in [-0.15, -0.1) is 0 Å². The summed E-state index contributed by atoms with van der Waals surface area (Å²) in [7, 11) is 0. The van der Waals surface area contributed by atoms with Crippen LogP contribution in [0, 0.1) is 11.8 Å². The van der Waals surface area contributed by atoms with Crippen LogP contribution in [-0.2, 0) is 29.6 Å². The van der Waals surface area contributed by atoms with Gasteiger partial charge in [-0.2, -0.15) is 0 Å². The molecule has 0 aliphatic heterocycles. The van der Waals surface area contributed by atoms with Crippen molar-refractivity contribution >= 4 is 18.2 Å². The van der Waals surface area contributed by atoms with Gasteiger partial charge >= 0.3 is 0 Å². The quantitative estimate of drug-likeness (QED) is 0.301. The lowest BCUT2D eigenvalue weighted by Gasteiger charge is -2.15. The van der Waals surface area contributed by atoms with Crippen LogP contribution in [0.4, 0.5) is 8.78 Å². The predicted molar refractivity (Wildman–Crippen MR) is 119 cm³/mol. The second-order valence-electron chi connectivity index (χ2n) is 8.59. The zero-order valence-corrected chi connectivity index (χ0v) is 19.2. The lowest BCUT2D eigenvalue weighted by molar-refractivity contribution is -0.123. The molecule has 2 rings (SSSR count). The van der Waals surface area contributed by atoms with Gasteiger partial charge in [0.2, 0.25) is 0 Å². The minimum Gasteiger partial charge on any atom is -0.299 e. The number of halogens is 2. The summed E-state index contributed by atoms with van der Waals surface area (Å²) < 4.78 is 30.5. The zero-order valence-electron chi connectivity index (χ0n) is 18.4. The number of pyridine rings is 1. The van der Waals surface area contributed by atoms with Crippen molar-refractivity contribution in [2.24, 2.45) is 16.2 Å². The number of Topliss-reactive ketones (excluding diaryl/α,β-unsaturated/α-hetero) is 1. The van der Waals surface area contributed by atoms with E-state index in [1.807, 2.05) is 6.92 Å². The van der Waals surface area contributed by atoms with E-state index in [9.17, 15) is 13.6 Å². The second kappa shape index (κ2) is 11.7. The molecule has 1 heterocycles. The van der Waals surface area contributed by atoms with E-state index >= 15 is 0 Å². The van der Waals surface area contributed by atoms with Crippen LogP contribution in [0.15, 0.2) is 34.3 Å². The normalized spacial score (nSPS) is 21.7.